The largest absolute Gasteiger partial charge is 0.370 e. The number of primary amides is 1. The van der Waals surface area contributed by atoms with Crippen LogP contribution in [0.5, 0.6) is 0 Å². The standard InChI is InChI=1S/C10H21NO.C9H16O.C9H10O.C7H8N2O.C6H7NOS.C6H13NO.C5H6N2OS.C4H9NO.C4H8O.C2H5NO/c1-8(2)6-11(10(5)12)7-9(3)4;2*1-8(10)7-9-5-3-2-4-6-9;1-6(10)4-7-5-8-2-3-9-7;1-5(8)4-6-7-2-3-9-6;1-4-7(5-2)6(3)8;1-4(8)7-5-6-2-3-9-5;1-4(6)5(2)3;1-3-4(2)5;1-2(3)4/h8-9H,6-7H2,1-5H3;9H,2-7H2,1H3;2-6H,7H2,1H3;2-3,5H,4H2,1H3;2-3H,4H2,1H3;4-5H2,1-3H3;2-3H,1H3,(H,6,7,8);1-3H3;3H2,1-2H3;1H3,(H2,3,4). The quantitative estimate of drug-likeness (QED) is 0.106. The molecule has 5 amide bonds. The van der Waals surface area contributed by atoms with E-state index in [1.165, 1.54) is 87.4 Å². The van der Waals surface area contributed by atoms with Gasteiger partial charge in [0.15, 0.2) is 5.13 Å². The van der Waals surface area contributed by atoms with Gasteiger partial charge in [0.05, 0.1) is 17.1 Å². The molecule has 1 aliphatic carbocycles. The summed E-state index contributed by atoms with van der Waals surface area (Å²) in [6, 6.07) is 9.75. The zero-order valence-corrected chi connectivity index (χ0v) is 55.3. The topological polar surface area (TPSA) is 270 Å². The lowest BCUT2D eigenvalue weighted by Crippen LogP contribution is -2.35. The first-order chi connectivity index (χ1) is 38.7. The molecule has 0 unspecified atom stereocenters. The molecule has 3 aromatic heterocycles. The molecule has 3 heterocycles. The summed E-state index contributed by atoms with van der Waals surface area (Å²) >= 11 is 2.93. The fraction of sp³-hybridized carbons (Fsp3) is 0.581. The molecule has 0 atom stereocenters. The fourth-order valence-electron chi connectivity index (χ4n) is 6.23. The SMILES string of the molecule is CC(=O)CC1CCCCC1.CC(=O)Cc1ccccc1.CC(=O)Cc1cnccn1.CC(=O)Cc1nccs1.CC(=O)N(C)C.CC(=O)N(CC(C)C)CC(C)C.CC(=O)Nc1nccs1.CC(N)=O.CCC(C)=O.CCN(CC)C(C)=O. The molecule has 0 radical (unpaired) electrons. The second kappa shape index (κ2) is 55.8. The van der Waals surface area contributed by atoms with Gasteiger partial charge in [-0.1, -0.05) is 97.1 Å². The molecule has 19 nitrogen and oxygen atoms in total. The Morgan fingerprint density at radius 3 is 1.34 bits per heavy atom. The Balaban J connectivity index is -0.000000275. The summed E-state index contributed by atoms with van der Waals surface area (Å²) in [4.78, 5) is 124. The molecular formula is C62H103N9O10S2. The number of nitrogens with one attached hydrogen (secondary N) is 1. The molecule has 3 N–H and O–H groups in total. The number of benzene rings is 1. The van der Waals surface area contributed by atoms with Gasteiger partial charge in [-0.05, 0) is 71.8 Å². The number of nitrogens with zero attached hydrogens (tertiary/aromatic N) is 7. The number of carbonyl (C=O) groups excluding carboxylic acids is 10. The van der Waals surface area contributed by atoms with Crippen LogP contribution < -0.4 is 11.1 Å². The molecule has 21 heteroatoms. The highest BCUT2D eigenvalue weighted by molar-refractivity contribution is 7.13. The van der Waals surface area contributed by atoms with Crippen LogP contribution in [0, 0.1) is 17.8 Å². The van der Waals surface area contributed by atoms with Gasteiger partial charge in [-0.2, -0.15) is 0 Å². The van der Waals surface area contributed by atoms with Crippen LogP contribution in [0.1, 0.15) is 179 Å². The number of hydrogen-bond acceptors (Lipinski definition) is 16. The van der Waals surface area contributed by atoms with Crippen molar-refractivity contribution in [2.45, 2.75) is 182 Å². The minimum absolute atomic E-state index is 0.0787. The summed E-state index contributed by atoms with van der Waals surface area (Å²) in [6.45, 7) is 33.3. The van der Waals surface area contributed by atoms with Crippen molar-refractivity contribution in [1.82, 2.24) is 34.6 Å². The van der Waals surface area contributed by atoms with Crippen LogP contribution in [0.25, 0.3) is 0 Å². The van der Waals surface area contributed by atoms with Gasteiger partial charge in [0.1, 0.15) is 28.9 Å². The van der Waals surface area contributed by atoms with Crippen molar-refractivity contribution in [2.75, 3.05) is 45.6 Å². The van der Waals surface area contributed by atoms with E-state index in [1.807, 2.05) is 66.8 Å². The lowest BCUT2D eigenvalue weighted by Gasteiger charge is -2.24. The van der Waals surface area contributed by atoms with Crippen LogP contribution in [-0.4, -0.2) is 133 Å². The van der Waals surface area contributed by atoms with E-state index in [0.717, 1.165) is 54.8 Å². The summed E-state index contributed by atoms with van der Waals surface area (Å²) in [5.74, 6) is 3.01. The lowest BCUT2D eigenvalue weighted by molar-refractivity contribution is -0.130. The second-order valence-electron chi connectivity index (χ2n) is 20.2. The summed E-state index contributed by atoms with van der Waals surface area (Å²) in [7, 11) is 3.45. The molecule has 1 aliphatic rings. The first-order valence-electron chi connectivity index (χ1n) is 28.0. The van der Waals surface area contributed by atoms with Gasteiger partial charge in [0.25, 0.3) is 0 Å². The number of rotatable bonds is 16. The number of nitrogens with two attached hydrogens (primary N) is 1. The van der Waals surface area contributed by atoms with E-state index in [0.29, 0.717) is 48.4 Å². The van der Waals surface area contributed by atoms with E-state index in [-0.39, 0.29) is 52.7 Å². The molecule has 0 aliphatic heterocycles. The van der Waals surface area contributed by atoms with Crippen molar-refractivity contribution in [2.24, 2.45) is 23.5 Å². The second-order valence-corrected chi connectivity index (χ2v) is 22.0. The third kappa shape index (κ3) is 67.7. The molecule has 1 saturated carbocycles. The molecular weight excluding hydrogens is 1090 g/mol. The van der Waals surface area contributed by atoms with E-state index >= 15 is 0 Å². The highest BCUT2D eigenvalue weighted by atomic mass is 32.1. The van der Waals surface area contributed by atoms with Gasteiger partial charge in [-0.3, -0.25) is 48.3 Å². The van der Waals surface area contributed by atoms with E-state index in [2.05, 4.69) is 58.7 Å². The predicted octanol–water partition coefficient (Wildman–Crippen LogP) is 10.9. The maximum atomic E-state index is 11.1. The molecule has 0 saturated heterocycles. The van der Waals surface area contributed by atoms with Crippen LogP contribution in [0.15, 0.2) is 72.1 Å². The number of ketones is 5. The Bertz CT molecular complexity index is 2210. The molecule has 1 aromatic carbocycles. The average Bonchev–Trinajstić information content (AvgIpc) is 4.10. The van der Waals surface area contributed by atoms with Crippen molar-refractivity contribution < 1.29 is 47.9 Å². The summed E-state index contributed by atoms with van der Waals surface area (Å²) in [5, 5.41) is 7.80. The fourth-order valence-corrected chi connectivity index (χ4v) is 7.49. The van der Waals surface area contributed by atoms with E-state index in [9.17, 15) is 47.9 Å². The molecule has 1 fully saturated rings. The smallest absolute Gasteiger partial charge is 0.223 e. The third-order valence-corrected chi connectivity index (χ3v) is 11.7. The van der Waals surface area contributed by atoms with Gasteiger partial charge in [0, 0.05) is 142 Å². The number of anilines is 1. The van der Waals surface area contributed by atoms with Gasteiger partial charge < -0.3 is 35.3 Å². The highest BCUT2D eigenvalue weighted by Gasteiger charge is 2.14. The van der Waals surface area contributed by atoms with Gasteiger partial charge in [0.2, 0.25) is 29.5 Å². The van der Waals surface area contributed by atoms with Gasteiger partial charge in [-0.25, -0.2) is 9.97 Å². The summed E-state index contributed by atoms with van der Waals surface area (Å²) in [5.41, 5.74) is 6.30. The van der Waals surface area contributed by atoms with Crippen LogP contribution in [0.2, 0.25) is 0 Å². The maximum absolute atomic E-state index is 11.1. The number of aromatic nitrogens is 4. The lowest BCUT2D eigenvalue weighted by atomic mass is 9.86. The molecule has 0 spiro atoms. The van der Waals surface area contributed by atoms with Crippen molar-refractivity contribution in [3.63, 3.8) is 0 Å². The number of Topliss-reactive ketones (excluding diaryl/α,β-unsaturated/α-hetero) is 5. The monoisotopic (exact) mass is 1200 g/mol. The molecule has 468 valence electrons. The molecule has 0 bridgehead atoms. The molecule has 4 aromatic rings. The zero-order valence-electron chi connectivity index (χ0n) is 53.7. The van der Waals surface area contributed by atoms with Crippen LogP contribution in [0.4, 0.5) is 5.13 Å². The maximum Gasteiger partial charge on any atom is 0.223 e. The van der Waals surface area contributed by atoms with E-state index in [4.69, 9.17) is 0 Å². The highest BCUT2D eigenvalue weighted by Crippen LogP contribution is 2.26. The van der Waals surface area contributed by atoms with Crippen molar-refractivity contribution in [1.29, 1.82) is 0 Å². The summed E-state index contributed by atoms with van der Waals surface area (Å²) in [6.07, 6.45) is 17.7. The normalized spacial score (nSPS) is 10.5. The first kappa shape index (κ1) is 85.1. The number of thiazole rings is 2. The van der Waals surface area contributed by atoms with Crippen LogP contribution in [0.3, 0.4) is 0 Å². The number of hydrogen-bond donors (Lipinski definition) is 2. The first-order valence-corrected chi connectivity index (χ1v) is 29.8. The minimum atomic E-state index is -0.333. The Hall–Kier alpha value is -6.74. The van der Waals surface area contributed by atoms with Crippen LogP contribution in [-0.2, 0) is 67.2 Å². The van der Waals surface area contributed by atoms with E-state index < -0.39 is 0 Å². The average molecular weight is 1200 g/mol. The van der Waals surface area contributed by atoms with Crippen molar-refractivity contribution in [3.05, 3.63) is 88.3 Å². The summed E-state index contributed by atoms with van der Waals surface area (Å²) < 4.78 is 0. The van der Waals surface area contributed by atoms with Crippen molar-refractivity contribution >= 4 is 86.3 Å². The Morgan fingerprint density at radius 2 is 1.04 bits per heavy atom. The predicted molar refractivity (Wildman–Crippen MR) is 338 cm³/mol. The molecule has 5 rings (SSSR count). The Kier molecular flexibility index (Phi) is 57.2. The minimum Gasteiger partial charge on any atom is -0.370 e. The van der Waals surface area contributed by atoms with Crippen LogP contribution >= 0.6 is 22.7 Å². The molecule has 83 heavy (non-hydrogen) atoms. The van der Waals surface area contributed by atoms with E-state index in [1.54, 1.807) is 91.5 Å². The van der Waals surface area contributed by atoms with Gasteiger partial charge in [-0.15, -0.1) is 22.7 Å². The zero-order chi connectivity index (χ0) is 64.9. The Morgan fingerprint density at radius 1 is 0.578 bits per heavy atom. The third-order valence-electron chi connectivity index (χ3n) is 10.2. The van der Waals surface area contributed by atoms with Crippen molar-refractivity contribution in [3.8, 4) is 0 Å². The number of carbonyl (C=O) groups is 10. The number of amides is 5. The Labute approximate surface area is 505 Å². The van der Waals surface area contributed by atoms with Gasteiger partial charge >= 0.3 is 0 Å².